The Morgan fingerprint density at radius 3 is 2.76 bits per heavy atom. The minimum absolute atomic E-state index is 0.250. The van der Waals surface area contributed by atoms with E-state index in [1.54, 1.807) is 6.20 Å². The second-order valence-electron chi connectivity index (χ2n) is 6.20. The third kappa shape index (κ3) is 5.34. The molecular weight excluding hydrogens is 352 g/mol. The molecule has 2 atom stereocenters. The molecular formula is C15H23BrN2O2S. The number of rotatable bonds is 6. The summed E-state index contributed by atoms with van der Waals surface area (Å²) in [6, 6.07) is 2.48. The van der Waals surface area contributed by atoms with E-state index in [0.29, 0.717) is 23.5 Å². The van der Waals surface area contributed by atoms with Gasteiger partial charge in [-0.15, -0.1) is 0 Å². The molecule has 2 rings (SSSR count). The van der Waals surface area contributed by atoms with Gasteiger partial charge in [-0.25, -0.2) is 8.42 Å². The first-order chi connectivity index (χ1) is 9.85. The lowest BCUT2D eigenvalue weighted by Gasteiger charge is -2.24. The van der Waals surface area contributed by atoms with Crippen LogP contribution in [0, 0.1) is 11.8 Å². The van der Waals surface area contributed by atoms with Gasteiger partial charge < -0.3 is 5.32 Å². The van der Waals surface area contributed by atoms with Gasteiger partial charge in [0.2, 0.25) is 0 Å². The van der Waals surface area contributed by atoms with E-state index in [1.807, 2.05) is 6.20 Å². The zero-order valence-corrected chi connectivity index (χ0v) is 15.0. The van der Waals surface area contributed by atoms with Gasteiger partial charge in [0.15, 0.2) is 9.84 Å². The predicted octanol–water partition coefficient (Wildman–Crippen LogP) is 2.44. The quantitative estimate of drug-likeness (QED) is 0.830. The maximum atomic E-state index is 11.7. The number of hydrogen-bond acceptors (Lipinski definition) is 4. The fourth-order valence-electron chi connectivity index (χ4n) is 2.86. The van der Waals surface area contributed by atoms with Crippen LogP contribution in [0.2, 0.25) is 0 Å². The largest absolute Gasteiger partial charge is 0.314 e. The number of nitrogens with one attached hydrogen (secondary N) is 1. The van der Waals surface area contributed by atoms with Crippen LogP contribution in [0.3, 0.4) is 0 Å². The number of aromatic nitrogens is 1. The van der Waals surface area contributed by atoms with E-state index in [0.717, 1.165) is 29.4 Å². The summed E-state index contributed by atoms with van der Waals surface area (Å²) in [5, 5.41) is 3.46. The molecule has 1 aromatic heterocycles. The minimum Gasteiger partial charge on any atom is -0.314 e. The fourth-order valence-corrected chi connectivity index (χ4v) is 5.19. The van der Waals surface area contributed by atoms with Gasteiger partial charge >= 0.3 is 0 Å². The molecule has 1 saturated heterocycles. The zero-order chi connectivity index (χ0) is 15.5. The van der Waals surface area contributed by atoms with Gasteiger partial charge in [0.05, 0.1) is 11.5 Å². The summed E-state index contributed by atoms with van der Waals surface area (Å²) >= 11 is 3.44. The highest BCUT2D eigenvalue weighted by molar-refractivity contribution is 9.10. The van der Waals surface area contributed by atoms with Gasteiger partial charge in [-0.3, -0.25) is 4.98 Å². The molecule has 4 nitrogen and oxygen atoms in total. The Morgan fingerprint density at radius 1 is 1.43 bits per heavy atom. The predicted molar refractivity (Wildman–Crippen MR) is 89.0 cm³/mol. The Kier molecular flexibility index (Phi) is 5.80. The maximum absolute atomic E-state index is 11.7. The van der Waals surface area contributed by atoms with Crippen LogP contribution in [0.15, 0.2) is 22.9 Å². The lowest BCUT2D eigenvalue weighted by molar-refractivity contribution is 0.333. The van der Waals surface area contributed by atoms with E-state index in [1.165, 1.54) is 0 Å². The van der Waals surface area contributed by atoms with Crippen molar-refractivity contribution in [2.24, 2.45) is 11.8 Å². The Balaban J connectivity index is 2.08. The second kappa shape index (κ2) is 7.20. The number of nitrogens with zero attached hydrogens (tertiary/aromatic N) is 1. The molecule has 0 spiro atoms. The van der Waals surface area contributed by atoms with E-state index in [4.69, 9.17) is 0 Å². The van der Waals surface area contributed by atoms with Crippen molar-refractivity contribution in [3.8, 4) is 0 Å². The third-order valence-corrected chi connectivity index (χ3v) is 6.21. The summed E-state index contributed by atoms with van der Waals surface area (Å²) in [6.07, 6.45) is 5.29. The third-order valence-electron chi connectivity index (χ3n) is 3.98. The first-order valence-electron chi connectivity index (χ1n) is 7.39. The molecule has 118 valence electrons. The van der Waals surface area contributed by atoms with Crippen molar-refractivity contribution in [2.45, 2.75) is 32.7 Å². The van der Waals surface area contributed by atoms with E-state index in [2.05, 4.69) is 46.1 Å². The zero-order valence-electron chi connectivity index (χ0n) is 12.5. The maximum Gasteiger partial charge on any atom is 0.150 e. The van der Waals surface area contributed by atoms with Gasteiger partial charge in [-0.2, -0.15) is 0 Å². The lowest BCUT2D eigenvalue weighted by atomic mass is 9.86. The smallest absolute Gasteiger partial charge is 0.150 e. The summed E-state index contributed by atoms with van der Waals surface area (Å²) in [5.41, 5.74) is 1.16. The summed E-state index contributed by atoms with van der Waals surface area (Å²) in [5.74, 6) is 1.26. The van der Waals surface area contributed by atoms with Gasteiger partial charge in [-0.1, -0.05) is 13.8 Å². The van der Waals surface area contributed by atoms with Crippen LogP contribution in [-0.4, -0.2) is 37.5 Å². The lowest BCUT2D eigenvalue weighted by Crippen LogP contribution is -2.34. The minimum atomic E-state index is -2.83. The molecule has 1 aromatic rings. The van der Waals surface area contributed by atoms with Crippen LogP contribution in [0.4, 0.5) is 0 Å². The molecule has 21 heavy (non-hydrogen) atoms. The average Bonchev–Trinajstić information content (AvgIpc) is 2.74. The normalized spacial score (nSPS) is 22.6. The molecule has 1 aliphatic rings. The van der Waals surface area contributed by atoms with Gasteiger partial charge in [0, 0.05) is 22.9 Å². The molecule has 6 heteroatoms. The van der Waals surface area contributed by atoms with Crippen LogP contribution < -0.4 is 5.32 Å². The Bertz CT molecular complexity index is 575. The van der Waals surface area contributed by atoms with E-state index >= 15 is 0 Å². The van der Waals surface area contributed by atoms with Gasteiger partial charge in [0.1, 0.15) is 0 Å². The molecule has 2 unspecified atom stereocenters. The number of pyridine rings is 1. The van der Waals surface area contributed by atoms with Crippen LogP contribution in [-0.2, 0) is 16.3 Å². The molecule has 0 aromatic carbocycles. The van der Waals surface area contributed by atoms with Crippen molar-refractivity contribution < 1.29 is 8.42 Å². The van der Waals surface area contributed by atoms with Crippen LogP contribution >= 0.6 is 15.9 Å². The highest BCUT2D eigenvalue weighted by Gasteiger charge is 2.33. The number of halogens is 1. The molecule has 2 heterocycles. The van der Waals surface area contributed by atoms with Crippen molar-refractivity contribution in [1.29, 1.82) is 0 Å². The van der Waals surface area contributed by atoms with Crippen molar-refractivity contribution in [3.63, 3.8) is 0 Å². The standard InChI is InChI=1S/C15H23BrN2O2S/c1-11(2)18-8-14(13-3-4-21(19,20)10-13)5-12-6-15(16)9-17-7-12/h6-7,9,11,13-14,18H,3-5,8,10H2,1-2H3. The van der Waals surface area contributed by atoms with E-state index in [-0.39, 0.29) is 5.92 Å². The molecule has 0 aliphatic carbocycles. The monoisotopic (exact) mass is 374 g/mol. The summed E-state index contributed by atoms with van der Waals surface area (Å²) in [4.78, 5) is 4.20. The van der Waals surface area contributed by atoms with Crippen molar-refractivity contribution in [3.05, 3.63) is 28.5 Å². The summed E-state index contributed by atoms with van der Waals surface area (Å²) in [7, 11) is -2.83. The first kappa shape index (κ1) is 16.9. The molecule has 0 radical (unpaired) electrons. The summed E-state index contributed by atoms with van der Waals surface area (Å²) in [6.45, 7) is 5.08. The van der Waals surface area contributed by atoms with E-state index in [9.17, 15) is 8.42 Å². The van der Waals surface area contributed by atoms with Crippen molar-refractivity contribution >= 4 is 25.8 Å². The average molecular weight is 375 g/mol. The summed E-state index contributed by atoms with van der Waals surface area (Å²) < 4.78 is 24.5. The van der Waals surface area contributed by atoms with Gasteiger partial charge in [0.25, 0.3) is 0 Å². The highest BCUT2D eigenvalue weighted by atomic mass is 79.9. The first-order valence-corrected chi connectivity index (χ1v) is 10.0. The van der Waals surface area contributed by atoms with Crippen LogP contribution in [0.5, 0.6) is 0 Å². The number of sulfone groups is 1. The fraction of sp³-hybridized carbons (Fsp3) is 0.667. The molecule has 1 aliphatic heterocycles. The topological polar surface area (TPSA) is 59.1 Å². The second-order valence-corrected chi connectivity index (χ2v) is 9.35. The Labute approximate surface area is 135 Å². The molecule has 0 bridgehead atoms. The van der Waals surface area contributed by atoms with E-state index < -0.39 is 9.84 Å². The van der Waals surface area contributed by atoms with Gasteiger partial charge in [-0.05, 0) is 58.8 Å². The van der Waals surface area contributed by atoms with Crippen molar-refractivity contribution in [2.75, 3.05) is 18.1 Å². The Hall–Kier alpha value is -0.460. The molecule has 1 N–H and O–H groups in total. The molecule has 1 fully saturated rings. The highest BCUT2D eigenvalue weighted by Crippen LogP contribution is 2.28. The Morgan fingerprint density at radius 2 is 2.19 bits per heavy atom. The molecule has 0 amide bonds. The SMILES string of the molecule is CC(C)NCC(Cc1cncc(Br)c1)C1CCS(=O)(=O)C1. The molecule has 0 saturated carbocycles. The number of hydrogen-bond donors (Lipinski definition) is 1. The van der Waals surface area contributed by atoms with Crippen LogP contribution in [0.1, 0.15) is 25.8 Å². The van der Waals surface area contributed by atoms with Crippen molar-refractivity contribution in [1.82, 2.24) is 10.3 Å². The van der Waals surface area contributed by atoms with Crippen LogP contribution in [0.25, 0.3) is 0 Å².